The molecule has 0 saturated heterocycles. The highest BCUT2D eigenvalue weighted by Crippen LogP contribution is 2.32. The molecule has 0 radical (unpaired) electrons. The molecule has 0 aliphatic heterocycles. The van der Waals surface area contributed by atoms with Gasteiger partial charge in [0.25, 0.3) is 11.5 Å². The lowest BCUT2D eigenvalue weighted by atomic mass is 9.98. The molecule has 1 aliphatic carbocycles. The van der Waals surface area contributed by atoms with Crippen LogP contribution < -0.4 is 15.6 Å². The molecule has 9 nitrogen and oxygen atoms in total. The van der Waals surface area contributed by atoms with E-state index in [0.29, 0.717) is 29.7 Å². The summed E-state index contributed by atoms with van der Waals surface area (Å²) in [5.41, 5.74) is -0.390. The molecule has 2 aromatic heterocycles. The minimum Gasteiger partial charge on any atom is -0.455 e. The van der Waals surface area contributed by atoms with E-state index in [0.717, 1.165) is 31.2 Å². The molecule has 3 aromatic rings. The highest BCUT2D eigenvalue weighted by atomic mass is 16.5. The number of anilines is 1. The summed E-state index contributed by atoms with van der Waals surface area (Å²) >= 11 is 0. The van der Waals surface area contributed by atoms with E-state index in [9.17, 15) is 14.7 Å². The Hall–Kier alpha value is -3.46. The molecule has 4 rings (SSSR count). The molecule has 2 heterocycles. The number of hydrogen-bond donors (Lipinski definition) is 2. The predicted molar refractivity (Wildman–Crippen MR) is 133 cm³/mol. The first-order valence-corrected chi connectivity index (χ1v) is 12.1. The average Bonchev–Trinajstić information content (AvgIpc) is 3.45. The van der Waals surface area contributed by atoms with Crippen molar-refractivity contribution in [2.24, 2.45) is 5.92 Å². The van der Waals surface area contributed by atoms with Crippen LogP contribution in [0.5, 0.6) is 11.5 Å². The van der Waals surface area contributed by atoms with Gasteiger partial charge in [0.15, 0.2) is 11.6 Å². The molecule has 1 fully saturated rings. The molecule has 0 bridgehead atoms. The third kappa shape index (κ3) is 6.57. The minimum absolute atomic E-state index is 0.289. The van der Waals surface area contributed by atoms with Crippen LogP contribution in [0.1, 0.15) is 57.6 Å². The monoisotopic (exact) mass is 479 g/mol. The smallest absolute Gasteiger partial charge is 0.271 e. The number of hydrogen-bond acceptors (Lipinski definition) is 6. The van der Waals surface area contributed by atoms with Gasteiger partial charge in [-0.25, -0.2) is 4.68 Å². The van der Waals surface area contributed by atoms with Gasteiger partial charge in [-0.3, -0.25) is 14.3 Å². The van der Waals surface area contributed by atoms with Gasteiger partial charge in [-0.1, -0.05) is 43.9 Å². The lowest BCUT2D eigenvalue weighted by molar-refractivity contribution is -0.120. The first-order chi connectivity index (χ1) is 16.7. The fourth-order valence-corrected chi connectivity index (χ4v) is 4.49. The molecule has 9 heteroatoms. The maximum atomic E-state index is 13.3. The van der Waals surface area contributed by atoms with E-state index in [1.807, 2.05) is 31.2 Å². The zero-order chi connectivity index (χ0) is 25.0. The first-order valence-electron chi connectivity index (χ1n) is 12.1. The van der Waals surface area contributed by atoms with Crippen molar-refractivity contribution in [3.8, 4) is 11.5 Å². The molecule has 1 unspecified atom stereocenters. The number of carbonyl (C=O) groups is 1. The van der Waals surface area contributed by atoms with Crippen LogP contribution in [0, 0.1) is 12.8 Å². The Morgan fingerprint density at radius 3 is 2.69 bits per heavy atom. The van der Waals surface area contributed by atoms with E-state index in [1.165, 1.54) is 16.9 Å². The van der Waals surface area contributed by atoms with Gasteiger partial charge in [0.05, 0.1) is 18.3 Å². The minimum atomic E-state index is -0.933. The summed E-state index contributed by atoms with van der Waals surface area (Å²) in [7, 11) is 0. The van der Waals surface area contributed by atoms with Gasteiger partial charge in [-0.15, -0.1) is 0 Å². The van der Waals surface area contributed by atoms with E-state index >= 15 is 0 Å². The third-order valence-corrected chi connectivity index (χ3v) is 6.19. The van der Waals surface area contributed by atoms with E-state index in [1.54, 1.807) is 30.8 Å². The fraction of sp³-hybridized carbons (Fsp3) is 0.462. The van der Waals surface area contributed by atoms with E-state index in [4.69, 9.17) is 4.74 Å². The molecule has 1 atom stereocenters. The topological polar surface area (TPSA) is 111 Å². The van der Waals surface area contributed by atoms with Crippen molar-refractivity contribution in [2.45, 2.75) is 71.1 Å². The van der Waals surface area contributed by atoms with Crippen molar-refractivity contribution in [1.82, 2.24) is 19.6 Å². The summed E-state index contributed by atoms with van der Waals surface area (Å²) in [4.78, 5) is 26.4. The number of ether oxygens (including phenoxy) is 1. The number of aliphatic hydroxyl groups is 1. The Balaban J connectivity index is 1.54. The van der Waals surface area contributed by atoms with Crippen LogP contribution in [0.15, 0.2) is 53.6 Å². The molecular formula is C26H33N5O4. The average molecular weight is 480 g/mol. The third-order valence-electron chi connectivity index (χ3n) is 6.19. The normalized spacial score (nSPS) is 15.2. The van der Waals surface area contributed by atoms with Gasteiger partial charge >= 0.3 is 0 Å². The molecule has 1 aliphatic rings. The Morgan fingerprint density at radius 1 is 1.26 bits per heavy atom. The van der Waals surface area contributed by atoms with Gasteiger partial charge in [0, 0.05) is 18.3 Å². The van der Waals surface area contributed by atoms with E-state index in [2.05, 4.69) is 15.5 Å². The van der Waals surface area contributed by atoms with Crippen molar-refractivity contribution in [1.29, 1.82) is 0 Å². The Labute approximate surface area is 204 Å². The number of aromatic nitrogens is 4. The lowest BCUT2D eigenvalue weighted by Crippen LogP contribution is -2.36. The van der Waals surface area contributed by atoms with Crippen LogP contribution in [-0.2, 0) is 11.3 Å². The summed E-state index contributed by atoms with van der Waals surface area (Å²) in [6.45, 7) is 5.59. The molecule has 1 aromatic carbocycles. The number of para-hydroxylation sites is 1. The van der Waals surface area contributed by atoms with Crippen molar-refractivity contribution in [3.63, 3.8) is 0 Å². The lowest BCUT2D eigenvalue weighted by Gasteiger charge is -2.21. The van der Waals surface area contributed by atoms with Crippen LogP contribution >= 0.6 is 0 Å². The first kappa shape index (κ1) is 24.7. The van der Waals surface area contributed by atoms with Crippen molar-refractivity contribution < 1.29 is 14.6 Å². The molecule has 186 valence electrons. The van der Waals surface area contributed by atoms with Crippen molar-refractivity contribution in [2.75, 3.05) is 5.32 Å². The van der Waals surface area contributed by atoms with Crippen LogP contribution in [0.2, 0.25) is 0 Å². The number of benzene rings is 1. The number of carbonyl (C=O) groups excluding carboxylic acids is 1. The number of rotatable bonds is 9. The second-order valence-electron chi connectivity index (χ2n) is 9.94. The fourth-order valence-electron chi connectivity index (χ4n) is 4.49. The van der Waals surface area contributed by atoms with Crippen molar-refractivity contribution >= 4 is 11.7 Å². The molecule has 2 N–H and O–H groups in total. The maximum Gasteiger partial charge on any atom is 0.271 e. The second kappa shape index (κ2) is 10.4. The van der Waals surface area contributed by atoms with Crippen LogP contribution in [0.4, 0.5) is 5.82 Å². The molecular weight excluding hydrogens is 446 g/mol. The van der Waals surface area contributed by atoms with Crippen LogP contribution in [-0.4, -0.2) is 36.2 Å². The summed E-state index contributed by atoms with van der Waals surface area (Å²) < 4.78 is 8.66. The van der Waals surface area contributed by atoms with Crippen molar-refractivity contribution in [3.05, 3.63) is 64.7 Å². The Kier molecular flexibility index (Phi) is 7.35. The zero-order valence-corrected chi connectivity index (χ0v) is 20.5. The number of amides is 1. The van der Waals surface area contributed by atoms with Gasteiger partial charge in [0.2, 0.25) is 0 Å². The predicted octanol–water partition coefficient (Wildman–Crippen LogP) is 4.07. The summed E-state index contributed by atoms with van der Waals surface area (Å²) in [5, 5.41) is 21.5. The van der Waals surface area contributed by atoms with Gasteiger partial charge in [0.1, 0.15) is 11.8 Å². The summed E-state index contributed by atoms with van der Waals surface area (Å²) in [6, 6.07) is 9.80. The standard InChI is InChI=1S/C26H33N5O4/c1-18-8-4-7-11-22(18)35-20-15-24(32)31(27-16-20)21(14-19-9-5-6-10-19)25(33)28-23-12-13-30(29-23)17-26(2,3)34/h4,7-8,11-13,15-16,19,21,34H,5-6,9-10,14,17H2,1-3H3,(H,28,29,33). The summed E-state index contributed by atoms with van der Waals surface area (Å²) in [6.07, 6.45) is 8.03. The van der Waals surface area contributed by atoms with Gasteiger partial charge < -0.3 is 15.2 Å². The van der Waals surface area contributed by atoms with Gasteiger partial charge in [-0.2, -0.15) is 10.2 Å². The van der Waals surface area contributed by atoms with E-state index < -0.39 is 17.2 Å². The highest BCUT2D eigenvalue weighted by molar-refractivity contribution is 5.92. The number of nitrogens with one attached hydrogen (secondary N) is 1. The highest BCUT2D eigenvalue weighted by Gasteiger charge is 2.29. The van der Waals surface area contributed by atoms with E-state index in [-0.39, 0.29) is 12.5 Å². The SMILES string of the molecule is Cc1ccccc1Oc1cnn(C(CC2CCCC2)C(=O)Nc2ccn(CC(C)(C)O)n2)c(=O)c1. The molecule has 0 spiro atoms. The zero-order valence-electron chi connectivity index (χ0n) is 20.5. The molecule has 35 heavy (non-hydrogen) atoms. The molecule has 1 amide bonds. The quantitative estimate of drug-likeness (QED) is 0.479. The van der Waals surface area contributed by atoms with Crippen LogP contribution in [0.3, 0.4) is 0 Å². The Morgan fingerprint density at radius 2 is 2.00 bits per heavy atom. The second-order valence-corrected chi connectivity index (χ2v) is 9.94. The van der Waals surface area contributed by atoms with Gasteiger partial charge in [-0.05, 0) is 44.7 Å². The Bertz CT molecular complexity index is 1220. The number of nitrogens with zero attached hydrogens (tertiary/aromatic N) is 4. The number of aryl methyl sites for hydroxylation is 1. The largest absolute Gasteiger partial charge is 0.455 e. The van der Waals surface area contributed by atoms with Crippen LogP contribution in [0.25, 0.3) is 0 Å². The maximum absolute atomic E-state index is 13.3. The molecule has 1 saturated carbocycles. The summed E-state index contributed by atoms with van der Waals surface area (Å²) in [5.74, 6) is 1.35.